The molecule has 0 spiro atoms. The highest BCUT2D eigenvalue weighted by molar-refractivity contribution is 5.31. The first-order chi connectivity index (χ1) is 8.29. The van der Waals surface area contributed by atoms with Gasteiger partial charge in [-0.25, -0.2) is 0 Å². The van der Waals surface area contributed by atoms with E-state index in [0.29, 0.717) is 0 Å². The second-order valence-electron chi connectivity index (χ2n) is 4.07. The second-order valence-corrected chi connectivity index (χ2v) is 4.07. The molecule has 2 N–H and O–H groups in total. The molecule has 0 saturated carbocycles. The molecule has 0 amide bonds. The van der Waals surface area contributed by atoms with E-state index >= 15 is 0 Å². The lowest BCUT2D eigenvalue weighted by molar-refractivity contribution is 0.414. The number of hydrogen-bond donors (Lipinski definition) is 1. The number of benzene rings is 2. The Kier molecular flexibility index (Phi) is 3.78. The van der Waals surface area contributed by atoms with E-state index in [0.717, 1.165) is 17.7 Å². The first-order valence-electron chi connectivity index (χ1n) is 5.73. The van der Waals surface area contributed by atoms with Gasteiger partial charge in [0.1, 0.15) is 5.75 Å². The average molecular weight is 227 g/mol. The third-order valence-corrected chi connectivity index (χ3v) is 2.82. The summed E-state index contributed by atoms with van der Waals surface area (Å²) in [4.78, 5) is 0. The van der Waals surface area contributed by atoms with Gasteiger partial charge in [-0.1, -0.05) is 42.5 Å². The third kappa shape index (κ3) is 3.08. The fourth-order valence-corrected chi connectivity index (χ4v) is 1.86. The van der Waals surface area contributed by atoms with Crippen LogP contribution in [0.25, 0.3) is 0 Å². The van der Waals surface area contributed by atoms with Crippen LogP contribution in [-0.4, -0.2) is 7.11 Å². The van der Waals surface area contributed by atoms with Crippen molar-refractivity contribution in [3.8, 4) is 5.75 Å². The van der Waals surface area contributed by atoms with Gasteiger partial charge in [-0.2, -0.15) is 0 Å². The molecule has 2 aromatic rings. The second kappa shape index (κ2) is 5.51. The van der Waals surface area contributed by atoms with Crippen LogP contribution in [0.15, 0.2) is 54.6 Å². The molecule has 17 heavy (non-hydrogen) atoms. The quantitative estimate of drug-likeness (QED) is 0.871. The summed E-state index contributed by atoms with van der Waals surface area (Å²) in [6.07, 6.45) is 0.841. The number of ether oxygens (including phenoxy) is 1. The molecule has 0 aromatic heterocycles. The fraction of sp³-hybridized carbons (Fsp3) is 0.200. The largest absolute Gasteiger partial charge is 0.497 e. The Morgan fingerprint density at radius 3 is 2.53 bits per heavy atom. The molecular formula is C15H17NO. The summed E-state index contributed by atoms with van der Waals surface area (Å²) < 4.78 is 5.20. The minimum absolute atomic E-state index is 0.00694. The van der Waals surface area contributed by atoms with Crippen molar-refractivity contribution in [2.45, 2.75) is 12.5 Å². The first kappa shape index (κ1) is 11.7. The standard InChI is InChI=1S/C15H17NO/c1-17-14-9-5-8-13(11-14)15(16)10-12-6-3-2-4-7-12/h2-9,11,15H,10,16H2,1H3/t15-/m1/s1. The van der Waals surface area contributed by atoms with Gasteiger partial charge in [0.25, 0.3) is 0 Å². The zero-order valence-corrected chi connectivity index (χ0v) is 9.97. The normalized spacial score (nSPS) is 12.1. The van der Waals surface area contributed by atoms with Crippen LogP contribution in [0.3, 0.4) is 0 Å². The number of nitrogens with two attached hydrogens (primary N) is 1. The van der Waals surface area contributed by atoms with E-state index in [9.17, 15) is 0 Å². The van der Waals surface area contributed by atoms with Gasteiger partial charge in [-0.3, -0.25) is 0 Å². The Morgan fingerprint density at radius 2 is 1.82 bits per heavy atom. The Labute approximate surface area is 102 Å². The summed E-state index contributed by atoms with van der Waals surface area (Å²) in [7, 11) is 1.67. The smallest absolute Gasteiger partial charge is 0.119 e. The molecule has 0 aliphatic heterocycles. The molecule has 0 unspecified atom stereocenters. The molecule has 2 rings (SSSR count). The molecule has 88 valence electrons. The average Bonchev–Trinajstić information content (AvgIpc) is 2.40. The molecule has 2 heteroatoms. The monoisotopic (exact) mass is 227 g/mol. The summed E-state index contributed by atoms with van der Waals surface area (Å²) in [5, 5.41) is 0. The summed E-state index contributed by atoms with van der Waals surface area (Å²) in [6.45, 7) is 0. The minimum Gasteiger partial charge on any atom is -0.497 e. The van der Waals surface area contributed by atoms with Crippen molar-refractivity contribution in [2.24, 2.45) is 5.73 Å². The van der Waals surface area contributed by atoms with E-state index < -0.39 is 0 Å². The van der Waals surface area contributed by atoms with Crippen LogP contribution in [0.1, 0.15) is 17.2 Å². The summed E-state index contributed by atoms with van der Waals surface area (Å²) in [5.41, 5.74) is 8.55. The van der Waals surface area contributed by atoms with Gasteiger partial charge in [0.05, 0.1) is 7.11 Å². The maximum Gasteiger partial charge on any atom is 0.119 e. The van der Waals surface area contributed by atoms with E-state index in [1.807, 2.05) is 42.5 Å². The molecule has 2 nitrogen and oxygen atoms in total. The minimum atomic E-state index is 0.00694. The Bertz CT molecular complexity index is 467. The Hall–Kier alpha value is -1.80. The van der Waals surface area contributed by atoms with Gasteiger partial charge in [0, 0.05) is 6.04 Å². The Balaban J connectivity index is 2.11. The predicted molar refractivity (Wildman–Crippen MR) is 70.1 cm³/mol. The zero-order chi connectivity index (χ0) is 12.1. The lowest BCUT2D eigenvalue weighted by Gasteiger charge is -2.13. The first-order valence-corrected chi connectivity index (χ1v) is 5.73. The summed E-state index contributed by atoms with van der Waals surface area (Å²) >= 11 is 0. The van der Waals surface area contributed by atoms with Gasteiger partial charge in [-0.15, -0.1) is 0 Å². The van der Waals surface area contributed by atoms with Crippen LogP contribution in [0.2, 0.25) is 0 Å². The van der Waals surface area contributed by atoms with Crippen LogP contribution in [0.4, 0.5) is 0 Å². The van der Waals surface area contributed by atoms with Gasteiger partial charge >= 0.3 is 0 Å². The highest BCUT2D eigenvalue weighted by Gasteiger charge is 2.07. The summed E-state index contributed by atoms with van der Waals surface area (Å²) in [5.74, 6) is 0.853. The molecule has 2 aromatic carbocycles. The highest BCUT2D eigenvalue weighted by Crippen LogP contribution is 2.20. The summed E-state index contributed by atoms with van der Waals surface area (Å²) in [6, 6.07) is 18.2. The van der Waals surface area contributed by atoms with Crippen molar-refractivity contribution < 1.29 is 4.74 Å². The van der Waals surface area contributed by atoms with E-state index in [1.54, 1.807) is 7.11 Å². The van der Waals surface area contributed by atoms with Crippen molar-refractivity contribution in [1.29, 1.82) is 0 Å². The van der Waals surface area contributed by atoms with Gasteiger partial charge in [-0.05, 0) is 29.7 Å². The molecule has 0 bridgehead atoms. The van der Waals surface area contributed by atoms with Crippen molar-refractivity contribution in [1.82, 2.24) is 0 Å². The van der Waals surface area contributed by atoms with E-state index in [4.69, 9.17) is 10.5 Å². The molecule has 0 aliphatic rings. The van der Waals surface area contributed by atoms with E-state index in [2.05, 4.69) is 12.1 Å². The van der Waals surface area contributed by atoms with Gasteiger partial charge in [0.2, 0.25) is 0 Å². The highest BCUT2D eigenvalue weighted by atomic mass is 16.5. The number of methoxy groups -OCH3 is 1. The third-order valence-electron chi connectivity index (χ3n) is 2.82. The van der Waals surface area contributed by atoms with E-state index in [-0.39, 0.29) is 6.04 Å². The molecule has 0 heterocycles. The maximum atomic E-state index is 6.20. The molecule has 0 saturated heterocycles. The lowest BCUT2D eigenvalue weighted by Crippen LogP contribution is -2.13. The predicted octanol–water partition coefficient (Wildman–Crippen LogP) is 2.94. The zero-order valence-electron chi connectivity index (χ0n) is 9.97. The van der Waals surface area contributed by atoms with Crippen LogP contribution >= 0.6 is 0 Å². The van der Waals surface area contributed by atoms with Crippen molar-refractivity contribution in [2.75, 3.05) is 7.11 Å². The van der Waals surface area contributed by atoms with Gasteiger partial charge in [0.15, 0.2) is 0 Å². The molecule has 1 atom stereocenters. The van der Waals surface area contributed by atoms with Crippen LogP contribution in [0.5, 0.6) is 5.75 Å². The molecule has 0 aliphatic carbocycles. The van der Waals surface area contributed by atoms with Gasteiger partial charge < -0.3 is 10.5 Å². The SMILES string of the molecule is COc1cccc([C@H](N)Cc2ccccc2)c1. The molecule has 0 fully saturated rings. The molecule has 0 radical (unpaired) electrons. The number of rotatable bonds is 4. The Morgan fingerprint density at radius 1 is 1.06 bits per heavy atom. The lowest BCUT2D eigenvalue weighted by atomic mass is 10.00. The topological polar surface area (TPSA) is 35.2 Å². The van der Waals surface area contributed by atoms with Crippen molar-refractivity contribution in [3.05, 3.63) is 65.7 Å². The van der Waals surface area contributed by atoms with Crippen LogP contribution < -0.4 is 10.5 Å². The number of hydrogen-bond acceptors (Lipinski definition) is 2. The molecular weight excluding hydrogens is 210 g/mol. The van der Waals surface area contributed by atoms with Crippen molar-refractivity contribution in [3.63, 3.8) is 0 Å². The fourth-order valence-electron chi connectivity index (χ4n) is 1.86. The van der Waals surface area contributed by atoms with Crippen LogP contribution in [0, 0.1) is 0 Å². The van der Waals surface area contributed by atoms with Crippen LogP contribution in [-0.2, 0) is 6.42 Å². The van der Waals surface area contributed by atoms with Crippen molar-refractivity contribution >= 4 is 0 Å². The maximum absolute atomic E-state index is 6.20. The van der Waals surface area contributed by atoms with E-state index in [1.165, 1.54) is 5.56 Å².